The van der Waals surface area contributed by atoms with E-state index in [1.165, 1.54) is 0 Å². The summed E-state index contributed by atoms with van der Waals surface area (Å²) < 4.78 is 16.0. The Morgan fingerprint density at radius 1 is 1.50 bits per heavy atom. The van der Waals surface area contributed by atoms with E-state index in [-0.39, 0.29) is 25.0 Å². The van der Waals surface area contributed by atoms with Crippen molar-refractivity contribution >= 4 is 5.97 Å². The normalized spacial score (nSPS) is 27.6. The molecule has 0 bridgehead atoms. The minimum absolute atomic E-state index is 0.0348. The summed E-state index contributed by atoms with van der Waals surface area (Å²) in [7, 11) is 1.60. The molecule has 0 aromatic heterocycles. The van der Waals surface area contributed by atoms with Crippen LogP contribution in [0.5, 0.6) is 0 Å². The summed E-state index contributed by atoms with van der Waals surface area (Å²) >= 11 is 0. The molecule has 1 rings (SSSR count). The summed E-state index contributed by atoms with van der Waals surface area (Å²) in [6, 6.07) is 0. The molecule has 0 aliphatic carbocycles. The first-order valence-corrected chi connectivity index (χ1v) is 6.73. The molecule has 4 nitrogen and oxygen atoms in total. The number of carbonyl (C=O) groups excluding carboxylic acids is 1. The Morgan fingerprint density at radius 2 is 2.33 bits per heavy atom. The molecule has 0 N–H and O–H groups in total. The van der Waals surface area contributed by atoms with Gasteiger partial charge in [0.1, 0.15) is 12.9 Å². The van der Waals surface area contributed by atoms with E-state index >= 15 is 0 Å². The van der Waals surface area contributed by atoms with Crippen LogP contribution in [-0.4, -0.2) is 32.1 Å². The van der Waals surface area contributed by atoms with Crippen LogP contribution in [0.25, 0.3) is 0 Å². The van der Waals surface area contributed by atoms with Crippen LogP contribution in [0.3, 0.4) is 0 Å². The minimum Gasteiger partial charge on any atom is -0.462 e. The van der Waals surface area contributed by atoms with Gasteiger partial charge in [-0.05, 0) is 19.3 Å². The maximum Gasteiger partial charge on any atom is 0.306 e. The highest BCUT2D eigenvalue weighted by Gasteiger charge is 2.19. The molecular weight excluding hydrogens is 232 g/mol. The van der Waals surface area contributed by atoms with Crippen LogP contribution in [0.15, 0.2) is 12.2 Å². The second-order valence-corrected chi connectivity index (χ2v) is 4.57. The van der Waals surface area contributed by atoms with Gasteiger partial charge in [0.25, 0.3) is 0 Å². The van der Waals surface area contributed by atoms with Crippen LogP contribution in [0, 0.1) is 0 Å². The predicted molar refractivity (Wildman–Crippen MR) is 69.1 cm³/mol. The highest BCUT2D eigenvalue weighted by molar-refractivity contribution is 5.69. The molecule has 4 heteroatoms. The van der Waals surface area contributed by atoms with E-state index in [0.29, 0.717) is 12.8 Å². The van der Waals surface area contributed by atoms with Gasteiger partial charge >= 0.3 is 5.97 Å². The predicted octanol–water partition coefficient (Wildman–Crippen LogP) is 2.82. The molecule has 0 saturated carbocycles. The van der Waals surface area contributed by atoms with Crippen molar-refractivity contribution < 1.29 is 19.0 Å². The first kappa shape index (κ1) is 15.2. The fourth-order valence-corrected chi connectivity index (χ4v) is 2.02. The smallest absolute Gasteiger partial charge is 0.306 e. The zero-order chi connectivity index (χ0) is 13.2. The van der Waals surface area contributed by atoms with Crippen LogP contribution >= 0.6 is 0 Å². The summed E-state index contributed by atoms with van der Waals surface area (Å²) in [5.41, 5.74) is 0. The van der Waals surface area contributed by atoms with Crippen LogP contribution in [0.4, 0.5) is 0 Å². The van der Waals surface area contributed by atoms with Crippen LogP contribution in [0.2, 0.25) is 0 Å². The number of methoxy groups -OCH3 is 1. The zero-order valence-corrected chi connectivity index (χ0v) is 11.4. The monoisotopic (exact) mass is 256 g/mol. The molecule has 0 unspecified atom stereocenters. The van der Waals surface area contributed by atoms with Gasteiger partial charge in [0, 0.05) is 20.0 Å². The summed E-state index contributed by atoms with van der Waals surface area (Å²) in [5.74, 6) is -0.0887. The van der Waals surface area contributed by atoms with E-state index in [9.17, 15) is 4.79 Å². The van der Waals surface area contributed by atoms with E-state index in [1.807, 2.05) is 0 Å². The second-order valence-electron chi connectivity index (χ2n) is 4.57. The SMILES string of the molecule is CCC[C@@H]1C[C@@H](OCOC)/C=C/CCCC(=O)O1. The molecule has 0 aromatic carbocycles. The van der Waals surface area contributed by atoms with E-state index in [1.54, 1.807) is 7.11 Å². The average molecular weight is 256 g/mol. The van der Waals surface area contributed by atoms with Crippen molar-refractivity contribution in [1.29, 1.82) is 0 Å². The van der Waals surface area contributed by atoms with Crippen molar-refractivity contribution in [3.05, 3.63) is 12.2 Å². The van der Waals surface area contributed by atoms with Crippen molar-refractivity contribution in [2.45, 2.75) is 57.7 Å². The first-order chi connectivity index (χ1) is 8.76. The molecule has 0 amide bonds. The summed E-state index contributed by atoms with van der Waals surface area (Å²) in [4.78, 5) is 11.6. The fourth-order valence-electron chi connectivity index (χ4n) is 2.02. The van der Waals surface area contributed by atoms with Gasteiger partial charge in [-0.3, -0.25) is 4.79 Å². The lowest BCUT2D eigenvalue weighted by molar-refractivity contribution is -0.152. The van der Waals surface area contributed by atoms with E-state index < -0.39 is 0 Å². The molecule has 0 aromatic rings. The fraction of sp³-hybridized carbons (Fsp3) is 0.786. The molecular formula is C14H24O4. The quantitative estimate of drug-likeness (QED) is 0.431. The highest BCUT2D eigenvalue weighted by Crippen LogP contribution is 2.16. The number of carbonyl (C=O) groups is 1. The molecule has 2 atom stereocenters. The maximum atomic E-state index is 11.6. The largest absolute Gasteiger partial charge is 0.462 e. The molecule has 0 saturated heterocycles. The molecule has 1 aliphatic heterocycles. The third-order valence-corrected chi connectivity index (χ3v) is 2.91. The number of rotatable bonds is 5. The molecule has 18 heavy (non-hydrogen) atoms. The first-order valence-electron chi connectivity index (χ1n) is 6.73. The van der Waals surface area contributed by atoms with Gasteiger partial charge < -0.3 is 14.2 Å². The van der Waals surface area contributed by atoms with Crippen molar-refractivity contribution in [3.63, 3.8) is 0 Å². The zero-order valence-electron chi connectivity index (χ0n) is 11.4. The van der Waals surface area contributed by atoms with Gasteiger partial charge in [-0.2, -0.15) is 0 Å². The maximum absolute atomic E-state index is 11.6. The van der Waals surface area contributed by atoms with Crippen molar-refractivity contribution in [2.24, 2.45) is 0 Å². The Bertz CT molecular complexity index is 263. The van der Waals surface area contributed by atoms with Crippen molar-refractivity contribution in [3.8, 4) is 0 Å². The van der Waals surface area contributed by atoms with E-state index in [0.717, 1.165) is 25.7 Å². The lowest BCUT2D eigenvalue weighted by atomic mass is 10.0. The Labute approximate surface area is 109 Å². The molecule has 1 aliphatic rings. The standard InChI is InChI=1S/C14H24O4/c1-3-7-13-10-12(17-11-16-2)8-5-4-6-9-14(15)18-13/h5,8,12-13H,3-4,6-7,9-11H2,1-2H3/b8-5+/t12-,13+/m0/s1. The van der Waals surface area contributed by atoms with E-state index in [4.69, 9.17) is 14.2 Å². The minimum atomic E-state index is -0.0887. The number of allylic oxidation sites excluding steroid dienone is 1. The van der Waals surface area contributed by atoms with Gasteiger partial charge in [-0.25, -0.2) is 0 Å². The number of hydrogen-bond donors (Lipinski definition) is 0. The molecule has 1 heterocycles. The third-order valence-electron chi connectivity index (χ3n) is 2.91. The van der Waals surface area contributed by atoms with Gasteiger partial charge in [-0.15, -0.1) is 0 Å². The number of esters is 1. The number of cyclic esters (lactones) is 1. The van der Waals surface area contributed by atoms with Gasteiger partial charge in [0.05, 0.1) is 6.10 Å². The summed E-state index contributed by atoms with van der Waals surface area (Å²) in [5, 5.41) is 0. The third kappa shape index (κ3) is 6.17. The van der Waals surface area contributed by atoms with Crippen LogP contribution in [-0.2, 0) is 19.0 Å². The lowest BCUT2D eigenvalue weighted by Gasteiger charge is -2.22. The van der Waals surface area contributed by atoms with Crippen LogP contribution < -0.4 is 0 Å². The summed E-state index contributed by atoms with van der Waals surface area (Å²) in [6.45, 7) is 2.36. The molecule has 0 fully saturated rings. The van der Waals surface area contributed by atoms with Gasteiger partial charge in [-0.1, -0.05) is 25.5 Å². The molecule has 0 spiro atoms. The Balaban J connectivity index is 2.60. The molecule has 0 radical (unpaired) electrons. The lowest BCUT2D eigenvalue weighted by Crippen LogP contribution is -2.25. The van der Waals surface area contributed by atoms with Gasteiger partial charge in [0.2, 0.25) is 0 Å². The average Bonchev–Trinajstić information content (AvgIpc) is 2.35. The number of ether oxygens (including phenoxy) is 3. The highest BCUT2D eigenvalue weighted by atomic mass is 16.7. The van der Waals surface area contributed by atoms with Crippen molar-refractivity contribution in [2.75, 3.05) is 13.9 Å². The Morgan fingerprint density at radius 3 is 3.06 bits per heavy atom. The second kappa shape index (κ2) is 9.11. The van der Waals surface area contributed by atoms with Crippen LogP contribution in [0.1, 0.15) is 45.4 Å². The Hall–Kier alpha value is -0.870. The van der Waals surface area contributed by atoms with Gasteiger partial charge in [0.15, 0.2) is 0 Å². The number of hydrogen-bond acceptors (Lipinski definition) is 4. The topological polar surface area (TPSA) is 44.8 Å². The molecule has 104 valence electrons. The summed E-state index contributed by atoms with van der Waals surface area (Å²) in [6.07, 6.45) is 8.88. The van der Waals surface area contributed by atoms with E-state index in [2.05, 4.69) is 19.1 Å². The van der Waals surface area contributed by atoms with Crippen molar-refractivity contribution in [1.82, 2.24) is 0 Å². The Kier molecular flexibility index (Phi) is 7.69.